The molecule has 1 amide bonds. The highest BCUT2D eigenvalue weighted by Crippen LogP contribution is 2.19. The number of aromatic nitrogens is 2. The molecule has 0 fully saturated rings. The van der Waals surface area contributed by atoms with Crippen molar-refractivity contribution < 1.29 is 18.8 Å². The van der Waals surface area contributed by atoms with Crippen LogP contribution in [0.4, 0.5) is 4.79 Å². The molecule has 0 atom stereocenters. The number of hydrogen-bond acceptors (Lipinski definition) is 7. The van der Waals surface area contributed by atoms with E-state index in [0.29, 0.717) is 31.4 Å². The Bertz CT molecular complexity index is 835. The zero-order valence-electron chi connectivity index (χ0n) is 19.3. The van der Waals surface area contributed by atoms with Gasteiger partial charge in [0.2, 0.25) is 5.89 Å². The van der Waals surface area contributed by atoms with Gasteiger partial charge in [-0.25, -0.2) is 4.79 Å². The quantitative estimate of drug-likeness (QED) is 0.694. The molecule has 0 aliphatic heterocycles. The highest BCUT2D eigenvalue weighted by Gasteiger charge is 2.31. The van der Waals surface area contributed by atoms with Gasteiger partial charge in [-0.15, -0.1) is 0 Å². The fraction of sp³-hybridized carbons (Fsp3) is 0.591. The molecular formula is C22H34N4O4. The van der Waals surface area contributed by atoms with Crippen molar-refractivity contribution in [2.75, 3.05) is 20.2 Å². The second-order valence-corrected chi connectivity index (χ2v) is 9.17. The van der Waals surface area contributed by atoms with E-state index in [1.165, 1.54) is 11.1 Å². The molecule has 1 N–H and O–H groups in total. The fourth-order valence-electron chi connectivity index (χ4n) is 2.83. The smallest absolute Gasteiger partial charge is 0.408 e. The molecule has 1 aromatic heterocycles. The van der Waals surface area contributed by atoms with Crippen molar-refractivity contribution in [2.45, 2.75) is 66.2 Å². The number of alkyl carbamates (subject to hydrolysis) is 1. The second kappa shape index (κ2) is 9.47. The molecule has 2 aromatic rings. The first kappa shape index (κ1) is 23.7. The third-order valence-electron chi connectivity index (χ3n) is 4.18. The van der Waals surface area contributed by atoms with Gasteiger partial charge in [0, 0.05) is 6.54 Å². The highest BCUT2D eigenvalue weighted by molar-refractivity contribution is 5.68. The van der Waals surface area contributed by atoms with Crippen molar-refractivity contribution in [3.63, 3.8) is 0 Å². The predicted octanol–water partition coefficient (Wildman–Crippen LogP) is 3.96. The zero-order chi connectivity index (χ0) is 22.5. The number of carbonyl (C=O) groups is 1. The molecule has 166 valence electrons. The maximum atomic E-state index is 12.1. The van der Waals surface area contributed by atoms with Gasteiger partial charge in [-0.3, -0.25) is 4.90 Å². The Labute approximate surface area is 178 Å². The molecule has 8 nitrogen and oxygen atoms in total. The molecule has 0 bridgehead atoms. The summed E-state index contributed by atoms with van der Waals surface area (Å²) in [4.78, 5) is 18.5. The Morgan fingerprint density at radius 2 is 1.77 bits per heavy atom. The van der Waals surface area contributed by atoms with Crippen LogP contribution in [0.3, 0.4) is 0 Å². The van der Waals surface area contributed by atoms with E-state index in [1.54, 1.807) is 13.8 Å². The Morgan fingerprint density at radius 3 is 2.37 bits per heavy atom. The average Bonchev–Trinajstić information content (AvgIpc) is 3.00. The SMILES string of the molecule is Cc1cc(C)cc(OCCN(C)Cc2nc(C(C)(C)NC(=O)OC(C)(C)C)no2)c1. The number of nitrogens with zero attached hydrogens (tertiary/aromatic N) is 3. The number of hydrogen-bond donors (Lipinski definition) is 1. The molecule has 30 heavy (non-hydrogen) atoms. The van der Waals surface area contributed by atoms with Crippen LogP contribution >= 0.6 is 0 Å². The van der Waals surface area contributed by atoms with Crippen molar-refractivity contribution in [1.29, 1.82) is 0 Å². The molecule has 0 radical (unpaired) electrons. The maximum absolute atomic E-state index is 12.1. The van der Waals surface area contributed by atoms with Gasteiger partial charge in [0.1, 0.15) is 23.5 Å². The number of likely N-dealkylation sites (N-methyl/N-ethyl adjacent to an activating group) is 1. The van der Waals surface area contributed by atoms with Gasteiger partial charge in [-0.2, -0.15) is 4.98 Å². The van der Waals surface area contributed by atoms with E-state index in [2.05, 4.69) is 35.4 Å². The van der Waals surface area contributed by atoms with Crippen molar-refractivity contribution in [3.05, 3.63) is 41.0 Å². The monoisotopic (exact) mass is 418 g/mol. The zero-order valence-corrected chi connectivity index (χ0v) is 19.3. The van der Waals surface area contributed by atoms with E-state index in [1.807, 2.05) is 44.9 Å². The summed E-state index contributed by atoms with van der Waals surface area (Å²) in [5, 5.41) is 6.80. The first-order valence-corrected chi connectivity index (χ1v) is 10.1. The maximum Gasteiger partial charge on any atom is 0.408 e. The molecule has 0 spiro atoms. The van der Waals surface area contributed by atoms with E-state index >= 15 is 0 Å². The van der Waals surface area contributed by atoms with Crippen molar-refractivity contribution in [2.24, 2.45) is 0 Å². The van der Waals surface area contributed by atoms with Gasteiger partial charge in [-0.1, -0.05) is 11.2 Å². The van der Waals surface area contributed by atoms with E-state index in [0.717, 1.165) is 5.75 Å². The minimum Gasteiger partial charge on any atom is -0.492 e. The molecule has 0 saturated heterocycles. The summed E-state index contributed by atoms with van der Waals surface area (Å²) in [7, 11) is 1.96. The number of ether oxygens (including phenoxy) is 2. The van der Waals surface area contributed by atoms with Crippen LogP contribution in [0.1, 0.15) is 57.5 Å². The molecule has 0 unspecified atom stereocenters. The van der Waals surface area contributed by atoms with Gasteiger partial charge in [0.05, 0.1) is 6.54 Å². The van der Waals surface area contributed by atoms with Gasteiger partial charge >= 0.3 is 6.09 Å². The molecule has 0 saturated carbocycles. The van der Waals surface area contributed by atoms with Gasteiger partial charge in [0.25, 0.3) is 0 Å². The first-order valence-electron chi connectivity index (χ1n) is 10.1. The summed E-state index contributed by atoms with van der Waals surface area (Å²) in [5.41, 5.74) is 0.956. The number of benzene rings is 1. The lowest BCUT2D eigenvalue weighted by Gasteiger charge is -2.26. The van der Waals surface area contributed by atoms with Crippen LogP contribution < -0.4 is 10.1 Å². The van der Waals surface area contributed by atoms with Crippen LogP contribution in [-0.2, 0) is 16.8 Å². The molecular weight excluding hydrogens is 384 g/mol. The summed E-state index contributed by atoms with van der Waals surface area (Å²) in [5.74, 6) is 1.73. The lowest BCUT2D eigenvalue weighted by Crippen LogP contribution is -2.44. The van der Waals surface area contributed by atoms with Crippen LogP contribution in [0.5, 0.6) is 5.75 Å². The van der Waals surface area contributed by atoms with Gasteiger partial charge in [-0.05, 0) is 78.8 Å². The number of nitrogens with one attached hydrogen (secondary N) is 1. The Balaban J connectivity index is 1.85. The van der Waals surface area contributed by atoms with Crippen LogP contribution in [0.25, 0.3) is 0 Å². The van der Waals surface area contributed by atoms with Gasteiger partial charge in [0.15, 0.2) is 5.82 Å². The van der Waals surface area contributed by atoms with Crippen molar-refractivity contribution >= 4 is 6.09 Å². The number of carbonyl (C=O) groups excluding carboxylic acids is 1. The lowest BCUT2D eigenvalue weighted by atomic mass is 10.1. The largest absolute Gasteiger partial charge is 0.492 e. The predicted molar refractivity (Wildman–Crippen MR) is 114 cm³/mol. The van der Waals surface area contributed by atoms with Crippen molar-refractivity contribution in [3.8, 4) is 5.75 Å². The normalized spacial score (nSPS) is 12.2. The molecule has 1 heterocycles. The first-order chi connectivity index (χ1) is 13.8. The minimum atomic E-state index is -0.825. The third kappa shape index (κ3) is 7.67. The average molecular weight is 419 g/mol. The van der Waals surface area contributed by atoms with Crippen LogP contribution in [0.15, 0.2) is 22.7 Å². The second-order valence-electron chi connectivity index (χ2n) is 9.17. The van der Waals surface area contributed by atoms with E-state index < -0.39 is 17.2 Å². The third-order valence-corrected chi connectivity index (χ3v) is 4.18. The number of aryl methyl sites for hydroxylation is 2. The minimum absolute atomic E-state index is 0.392. The number of rotatable bonds is 8. The van der Waals surface area contributed by atoms with Crippen LogP contribution in [0.2, 0.25) is 0 Å². The van der Waals surface area contributed by atoms with E-state index in [4.69, 9.17) is 14.0 Å². The summed E-state index contributed by atoms with van der Waals surface area (Å²) < 4.78 is 16.5. The summed E-state index contributed by atoms with van der Waals surface area (Å²) >= 11 is 0. The fourth-order valence-corrected chi connectivity index (χ4v) is 2.83. The lowest BCUT2D eigenvalue weighted by molar-refractivity contribution is 0.0465. The standard InChI is InChI=1S/C22H34N4O4/c1-15-11-16(2)13-17(12-15)28-10-9-26(8)14-18-23-19(25-30-18)22(6,7)24-20(27)29-21(3,4)5/h11-13H,9-10,14H2,1-8H3,(H,24,27). The Hall–Kier alpha value is -2.61. The molecule has 8 heteroatoms. The van der Waals surface area contributed by atoms with E-state index in [-0.39, 0.29) is 0 Å². The molecule has 1 aromatic carbocycles. The highest BCUT2D eigenvalue weighted by atomic mass is 16.6. The molecule has 2 rings (SSSR count). The van der Waals surface area contributed by atoms with Crippen LogP contribution in [-0.4, -0.2) is 46.9 Å². The Kier molecular flexibility index (Phi) is 7.47. The number of amides is 1. The molecule has 0 aliphatic carbocycles. The van der Waals surface area contributed by atoms with Gasteiger partial charge < -0.3 is 19.3 Å². The Morgan fingerprint density at radius 1 is 1.13 bits per heavy atom. The summed E-state index contributed by atoms with van der Waals surface area (Å²) in [6.45, 7) is 14.9. The summed E-state index contributed by atoms with van der Waals surface area (Å²) in [6, 6.07) is 6.17. The molecule has 0 aliphatic rings. The topological polar surface area (TPSA) is 89.7 Å². The van der Waals surface area contributed by atoms with Crippen molar-refractivity contribution in [1.82, 2.24) is 20.4 Å². The summed E-state index contributed by atoms with van der Waals surface area (Å²) in [6.07, 6.45) is -0.528. The van der Waals surface area contributed by atoms with E-state index in [9.17, 15) is 4.79 Å². The van der Waals surface area contributed by atoms with Crippen LogP contribution in [0, 0.1) is 13.8 Å².